The highest BCUT2D eigenvalue weighted by atomic mass is 16.5. The number of carbonyl (C=O) groups excluding carboxylic acids is 3. The first-order valence-electron chi connectivity index (χ1n) is 6.24. The van der Waals surface area contributed by atoms with E-state index in [1.165, 1.54) is 0 Å². The van der Waals surface area contributed by atoms with Crippen molar-refractivity contribution >= 4 is 11.9 Å². The average molecular weight is 295 g/mol. The minimum atomic E-state index is -0.278. The molecular formula is C17H13NO4. The van der Waals surface area contributed by atoms with Gasteiger partial charge in [-0.2, -0.15) is 9.59 Å². The summed E-state index contributed by atoms with van der Waals surface area (Å²) in [5.41, 5.74) is 1.94. The third kappa shape index (κ3) is 5.41. The van der Waals surface area contributed by atoms with Crippen LogP contribution in [-0.4, -0.2) is 24.0 Å². The third-order valence-electron chi connectivity index (χ3n) is 2.53. The highest BCUT2D eigenvalue weighted by molar-refractivity contribution is 6.08. The summed E-state index contributed by atoms with van der Waals surface area (Å²) >= 11 is 0. The summed E-state index contributed by atoms with van der Waals surface area (Å²) in [6.07, 6.45) is 0.250. The number of benzene rings is 1. The van der Waals surface area contributed by atoms with E-state index in [0.717, 1.165) is 17.0 Å². The number of carbonyl (C=O) groups is 1. The Hall–Kier alpha value is -3.22. The largest absolute Gasteiger partial charge is 0.497 e. The van der Waals surface area contributed by atoms with E-state index in [9.17, 15) is 4.79 Å². The van der Waals surface area contributed by atoms with Crippen molar-refractivity contribution in [3.63, 3.8) is 0 Å². The average Bonchev–Trinajstić information content (AvgIpc) is 2.54. The quantitative estimate of drug-likeness (QED) is 0.626. The van der Waals surface area contributed by atoms with Crippen LogP contribution in [0.4, 0.5) is 0 Å². The molecule has 2 aromatic rings. The number of pyridine rings is 1. The van der Waals surface area contributed by atoms with Gasteiger partial charge in [-0.25, -0.2) is 4.98 Å². The van der Waals surface area contributed by atoms with Crippen LogP contribution in [-0.2, 0) is 9.59 Å². The van der Waals surface area contributed by atoms with E-state index in [1.807, 2.05) is 25.1 Å². The Labute approximate surface area is 128 Å². The van der Waals surface area contributed by atoms with E-state index < -0.39 is 0 Å². The molecule has 0 saturated carbocycles. The molecule has 0 N–H and O–H groups in total. The molecule has 0 aliphatic rings. The fourth-order valence-corrected chi connectivity index (χ4v) is 1.54. The Balaban J connectivity index is 0.000000745. The van der Waals surface area contributed by atoms with Crippen molar-refractivity contribution in [2.75, 3.05) is 7.11 Å². The van der Waals surface area contributed by atoms with Gasteiger partial charge in [-0.05, 0) is 49.2 Å². The molecule has 0 spiro atoms. The molecule has 0 atom stereocenters. The van der Waals surface area contributed by atoms with Gasteiger partial charge in [-0.1, -0.05) is 12.0 Å². The Morgan fingerprint density at radius 3 is 2.27 bits per heavy atom. The van der Waals surface area contributed by atoms with Crippen LogP contribution in [0.3, 0.4) is 0 Å². The summed E-state index contributed by atoms with van der Waals surface area (Å²) in [6, 6.07) is 12.5. The number of nitrogens with zero attached hydrogens (tertiary/aromatic N) is 1. The number of ether oxygens (including phenoxy) is 1. The van der Waals surface area contributed by atoms with Crippen molar-refractivity contribution < 1.29 is 19.1 Å². The van der Waals surface area contributed by atoms with Gasteiger partial charge in [0, 0.05) is 11.3 Å². The highest BCUT2D eigenvalue weighted by Gasteiger charge is 2.03. The number of methoxy groups -OCH3 is 1. The first-order chi connectivity index (χ1) is 10.6. The maximum Gasteiger partial charge on any atom is 0.373 e. The molecule has 0 saturated heterocycles. The molecule has 0 aliphatic carbocycles. The van der Waals surface area contributed by atoms with Crippen LogP contribution in [0.2, 0.25) is 0 Å². The molecule has 0 unspecified atom stereocenters. The first-order valence-corrected chi connectivity index (χ1v) is 6.24. The number of ketones is 1. The SMILES string of the molecule is COc1ccc(C#CC(=O)c2cccc(C)n2)cc1.O=C=O. The van der Waals surface area contributed by atoms with Gasteiger partial charge in [0.05, 0.1) is 7.11 Å². The second-order valence-electron chi connectivity index (χ2n) is 4.06. The van der Waals surface area contributed by atoms with Crippen LogP contribution in [0.25, 0.3) is 0 Å². The number of aryl methyl sites for hydroxylation is 1. The molecule has 0 fully saturated rings. The molecule has 2 rings (SSSR count). The van der Waals surface area contributed by atoms with Crippen LogP contribution in [0.5, 0.6) is 5.75 Å². The zero-order valence-electron chi connectivity index (χ0n) is 12.1. The van der Waals surface area contributed by atoms with Crippen molar-refractivity contribution in [2.24, 2.45) is 0 Å². The van der Waals surface area contributed by atoms with Gasteiger partial charge >= 0.3 is 6.15 Å². The normalized spacial score (nSPS) is 8.45. The van der Waals surface area contributed by atoms with Crippen LogP contribution in [0.15, 0.2) is 42.5 Å². The molecule has 110 valence electrons. The van der Waals surface area contributed by atoms with E-state index in [-0.39, 0.29) is 11.9 Å². The van der Waals surface area contributed by atoms with Gasteiger partial charge in [0.2, 0.25) is 0 Å². The summed E-state index contributed by atoms with van der Waals surface area (Å²) < 4.78 is 5.05. The number of aromatic nitrogens is 1. The lowest BCUT2D eigenvalue weighted by molar-refractivity contribution is -0.191. The number of hydrogen-bond acceptors (Lipinski definition) is 5. The smallest absolute Gasteiger partial charge is 0.373 e. The Morgan fingerprint density at radius 2 is 1.73 bits per heavy atom. The minimum absolute atomic E-state index is 0.250. The van der Waals surface area contributed by atoms with Crippen molar-refractivity contribution in [1.29, 1.82) is 0 Å². The minimum Gasteiger partial charge on any atom is -0.497 e. The van der Waals surface area contributed by atoms with E-state index in [1.54, 1.807) is 31.4 Å². The second kappa shape index (κ2) is 8.85. The topological polar surface area (TPSA) is 73.3 Å². The molecule has 0 bridgehead atoms. The lowest BCUT2D eigenvalue weighted by atomic mass is 10.2. The summed E-state index contributed by atoms with van der Waals surface area (Å²) in [4.78, 5) is 32.2. The molecule has 0 amide bonds. The molecular weight excluding hydrogens is 282 g/mol. The van der Waals surface area contributed by atoms with Crippen molar-refractivity contribution in [2.45, 2.75) is 6.92 Å². The standard InChI is InChI=1S/C16H13NO2.CO2/c1-12-4-3-5-15(17-12)16(18)11-8-13-6-9-14(19-2)10-7-13;2-1-3/h3-7,9-10H,1-2H3;. The maximum absolute atomic E-state index is 11.8. The number of rotatable bonds is 2. The van der Waals surface area contributed by atoms with Crippen LogP contribution in [0.1, 0.15) is 21.7 Å². The summed E-state index contributed by atoms with van der Waals surface area (Å²) in [7, 11) is 1.60. The predicted octanol–water partition coefficient (Wildman–Crippen LogP) is 2.05. The summed E-state index contributed by atoms with van der Waals surface area (Å²) in [6.45, 7) is 1.84. The monoisotopic (exact) mass is 295 g/mol. The van der Waals surface area contributed by atoms with E-state index >= 15 is 0 Å². The predicted molar refractivity (Wildman–Crippen MR) is 78.2 cm³/mol. The van der Waals surface area contributed by atoms with Gasteiger partial charge in [-0.3, -0.25) is 4.79 Å². The van der Waals surface area contributed by atoms with Gasteiger partial charge in [-0.15, -0.1) is 0 Å². The Morgan fingerprint density at radius 1 is 1.09 bits per heavy atom. The van der Waals surface area contributed by atoms with Crippen LogP contribution in [0, 0.1) is 18.8 Å². The van der Waals surface area contributed by atoms with Crippen molar-refractivity contribution in [3.05, 3.63) is 59.4 Å². The Kier molecular flexibility index (Phi) is 6.77. The van der Waals surface area contributed by atoms with Crippen LogP contribution < -0.4 is 4.74 Å². The number of Topliss-reactive ketones (excluding diaryl/α,β-unsaturated/α-hetero) is 1. The zero-order valence-corrected chi connectivity index (χ0v) is 12.1. The fraction of sp³-hybridized carbons (Fsp3) is 0.118. The first kappa shape index (κ1) is 16.8. The van der Waals surface area contributed by atoms with Gasteiger partial charge < -0.3 is 4.74 Å². The molecule has 1 heterocycles. The van der Waals surface area contributed by atoms with Crippen molar-refractivity contribution in [3.8, 4) is 17.6 Å². The van der Waals surface area contributed by atoms with E-state index in [0.29, 0.717) is 5.69 Å². The Bertz CT molecular complexity index is 733. The van der Waals surface area contributed by atoms with Crippen molar-refractivity contribution in [1.82, 2.24) is 4.98 Å². The second-order valence-corrected chi connectivity index (χ2v) is 4.06. The fourth-order valence-electron chi connectivity index (χ4n) is 1.54. The van der Waals surface area contributed by atoms with E-state index in [4.69, 9.17) is 14.3 Å². The van der Waals surface area contributed by atoms with E-state index in [2.05, 4.69) is 16.8 Å². The molecule has 5 heteroatoms. The molecule has 1 aromatic heterocycles. The van der Waals surface area contributed by atoms with Gasteiger partial charge in [0.15, 0.2) is 0 Å². The molecule has 5 nitrogen and oxygen atoms in total. The van der Waals surface area contributed by atoms with Gasteiger partial charge in [0.1, 0.15) is 11.4 Å². The van der Waals surface area contributed by atoms with Gasteiger partial charge in [0.25, 0.3) is 5.78 Å². The summed E-state index contributed by atoms with van der Waals surface area (Å²) in [5.74, 6) is 5.89. The zero-order chi connectivity index (χ0) is 16.4. The third-order valence-corrected chi connectivity index (χ3v) is 2.53. The molecule has 0 aliphatic heterocycles. The molecule has 22 heavy (non-hydrogen) atoms. The van der Waals surface area contributed by atoms with Crippen LogP contribution >= 0.6 is 0 Å². The highest BCUT2D eigenvalue weighted by Crippen LogP contribution is 2.10. The summed E-state index contributed by atoms with van der Waals surface area (Å²) in [5, 5.41) is 0. The maximum atomic E-state index is 11.8. The molecule has 0 radical (unpaired) electrons. The lowest BCUT2D eigenvalue weighted by Crippen LogP contribution is -1.99. The number of hydrogen-bond donors (Lipinski definition) is 0. The lowest BCUT2D eigenvalue weighted by Gasteiger charge is -1.97. The molecule has 1 aromatic carbocycles.